The van der Waals surface area contributed by atoms with E-state index in [1.165, 1.54) is 6.26 Å². The second kappa shape index (κ2) is 4.46. The molecular formula is C14H14O4. The summed E-state index contributed by atoms with van der Waals surface area (Å²) in [6.07, 6.45) is 1.42. The number of fused-ring (bicyclic) bond motifs is 2. The quantitative estimate of drug-likeness (QED) is 0.803. The van der Waals surface area contributed by atoms with Gasteiger partial charge >= 0.3 is 0 Å². The number of para-hydroxylation sites is 1. The van der Waals surface area contributed by atoms with Crippen molar-refractivity contribution in [2.75, 3.05) is 6.61 Å². The predicted octanol–water partition coefficient (Wildman–Crippen LogP) is 2.30. The SMILES string of the molecule is CCO[C@@H]1C[C@@H]2Oc3ccccc3C(=O)C2=CO1. The van der Waals surface area contributed by atoms with Crippen LogP contribution in [0.15, 0.2) is 36.1 Å². The van der Waals surface area contributed by atoms with Gasteiger partial charge in [-0.2, -0.15) is 0 Å². The molecule has 18 heavy (non-hydrogen) atoms. The first kappa shape index (κ1) is 11.3. The summed E-state index contributed by atoms with van der Waals surface area (Å²) in [4.78, 5) is 12.2. The zero-order valence-corrected chi connectivity index (χ0v) is 10.1. The molecular weight excluding hydrogens is 232 g/mol. The number of hydrogen-bond acceptors (Lipinski definition) is 4. The van der Waals surface area contributed by atoms with E-state index in [2.05, 4.69) is 0 Å². The van der Waals surface area contributed by atoms with E-state index in [1.54, 1.807) is 6.07 Å². The topological polar surface area (TPSA) is 44.8 Å². The first-order valence-corrected chi connectivity index (χ1v) is 6.07. The number of carbonyl (C=O) groups excluding carboxylic acids is 1. The predicted molar refractivity (Wildman–Crippen MR) is 64.4 cm³/mol. The molecule has 0 aromatic heterocycles. The Kier molecular flexibility index (Phi) is 2.80. The highest BCUT2D eigenvalue weighted by Gasteiger charge is 2.37. The van der Waals surface area contributed by atoms with Crippen molar-refractivity contribution in [2.24, 2.45) is 0 Å². The molecule has 0 aliphatic carbocycles. The van der Waals surface area contributed by atoms with Crippen LogP contribution in [0.25, 0.3) is 0 Å². The Morgan fingerprint density at radius 3 is 3.06 bits per heavy atom. The van der Waals surface area contributed by atoms with Crippen LogP contribution in [0, 0.1) is 0 Å². The van der Waals surface area contributed by atoms with Crippen LogP contribution in [0.1, 0.15) is 23.7 Å². The van der Waals surface area contributed by atoms with Crippen LogP contribution >= 0.6 is 0 Å². The minimum Gasteiger partial charge on any atom is -0.484 e. The number of rotatable bonds is 2. The molecule has 1 aromatic carbocycles. The zero-order valence-electron chi connectivity index (χ0n) is 10.1. The molecule has 2 aliphatic heterocycles. The Morgan fingerprint density at radius 1 is 1.39 bits per heavy atom. The number of Topliss-reactive ketones (excluding diaryl/α,β-unsaturated/α-hetero) is 1. The summed E-state index contributed by atoms with van der Waals surface area (Å²) in [6.45, 7) is 2.48. The van der Waals surface area contributed by atoms with Crippen molar-refractivity contribution >= 4 is 5.78 Å². The first-order chi connectivity index (χ1) is 8.79. The molecule has 3 rings (SSSR count). The van der Waals surface area contributed by atoms with Gasteiger partial charge in [-0.3, -0.25) is 4.79 Å². The van der Waals surface area contributed by atoms with Crippen LogP contribution < -0.4 is 4.74 Å². The van der Waals surface area contributed by atoms with E-state index in [9.17, 15) is 4.79 Å². The van der Waals surface area contributed by atoms with Gasteiger partial charge in [0.05, 0.1) is 23.8 Å². The van der Waals surface area contributed by atoms with Gasteiger partial charge in [-0.25, -0.2) is 0 Å². The molecule has 2 aliphatic rings. The molecule has 4 nitrogen and oxygen atoms in total. The molecule has 0 N–H and O–H groups in total. The molecule has 0 radical (unpaired) electrons. The lowest BCUT2D eigenvalue weighted by molar-refractivity contribution is -0.127. The largest absolute Gasteiger partial charge is 0.484 e. The third kappa shape index (κ3) is 1.78. The zero-order chi connectivity index (χ0) is 12.5. The summed E-state index contributed by atoms with van der Waals surface area (Å²) in [5.41, 5.74) is 1.17. The van der Waals surface area contributed by atoms with Crippen LogP contribution in [0.5, 0.6) is 5.75 Å². The van der Waals surface area contributed by atoms with Crippen LogP contribution in [-0.4, -0.2) is 24.8 Å². The summed E-state index contributed by atoms with van der Waals surface area (Å²) in [5, 5.41) is 0. The van der Waals surface area contributed by atoms with Crippen molar-refractivity contribution in [2.45, 2.75) is 25.7 Å². The maximum atomic E-state index is 12.2. The van der Waals surface area contributed by atoms with Gasteiger partial charge in [-0.1, -0.05) is 12.1 Å². The minimum absolute atomic E-state index is 0.0169. The third-order valence-electron chi connectivity index (χ3n) is 3.12. The highest BCUT2D eigenvalue weighted by Crippen LogP contribution is 2.34. The fraction of sp³-hybridized carbons (Fsp3) is 0.357. The highest BCUT2D eigenvalue weighted by atomic mass is 16.7. The number of ether oxygens (including phenoxy) is 3. The van der Waals surface area contributed by atoms with E-state index in [0.29, 0.717) is 29.9 Å². The van der Waals surface area contributed by atoms with Gasteiger partial charge in [0, 0.05) is 6.61 Å². The Labute approximate surface area is 105 Å². The van der Waals surface area contributed by atoms with Crippen LogP contribution in [0.3, 0.4) is 0 Å². The van der Waals surface area contributed by atoms with E-state index in [1.807, 2.05) is 25.1 Å². The molecule has 2 atom stereocenters. The Balaban J connectivity index is 1.91. The van der Waals surface area contributed by atoms with E-state index < -0.39 is 0 Å². The maximum Gasteiger partial charge on any atom is 0.202 e. The van der Waals surface area contributed by atoms with Crippen LogP contribution in [0.2, 0.25) is 0 Å². The maximum absolute atomic E-state index is 12.2. The van der Waals surface area contributed by atoms with Crippen molar-refractivity contribution in [3.05, 3.63) is 41.7 Å². The van der Waals surface area contributed by atoms with Crippen LogP contribution in [-0.2, 0) is 9.47 Å². The fourth-order valence-corrected chi connectivity index (χ4v) is 2.25. The lowest BCUT2D eigenvalue weighted by Gasteiger charge is -2.33. The summed E-state index contributed by atoms with van der Waals surface area (Å²) < 4.78 is 16.6. The summed E-state index contributed by atoms with van der Waals surface area (Å²) in [5.74, 6) is 0.624. The minimum atomic E-state index is -0.332. The number of ketones is 1. The second-order valence-electron chi connectivity index (χ2n) is 4.26. The van der Waals surface area contributed by atoms with Crippen molar-refractivity contribution in [1.29, 1.82) is 0 Å². The Morgan fingerprint density at radius 2 is 2.22 bits per heavy atom. The molecule has 0 bridgehead atoms. The van der Waals surface area contributed by atoms with Crippen molar-refractivity contribution in [3.63, 3.8) is 0 Å². The molecule has 0 amide bonds. The van der Waals surface area contributed by atoms with Gasteiger partial charge in [0.1, 0.15) is 11.9 Å². The molecule has 0 saturated heterocycles. The van der Waals surface area contributed by atoms with Gasteiger partial charge in [0.15, 0.2) is 5.78 Å². The van der Waals surface area contributed by atoms with Crippen molar-refractivity contribution in [1.82, 2.24) is 0 Å². The number of benzene rings is 1. The number of carbonyl (C=O) groups is 1. The van der Waals surface area contributed by atoms with Gasteiger partial charge in [0.25, 0.3) is 0 Å². The standard InChI is InChI=1S/C14H14O4/c1-2-16-13-7-12-10(8-17-13)14(15)9-5-3-4-6-11(9)18-12/h3-6,8,12-13H,2,7H2,1H3/t12-,13-/m0/s1. The van der Waals surface area contributed by atoms with E-state index >= 15 is 0 Å². The molecule has 0 fully saturated rings. The summed E-state index contributed by atoms with van der Waals surface area (Å²) >= 11 is 0. The molecule has 94 valence electrons. The molecule has 2 heterocycles. The van der Waals surface area contributed by atoms with E-state index in [0.717, 1.165) is 0 Å². The van der Waals surface area contributed by atoms with Gasteiger partial charge in [0.2, 0.25) is 6.29 Å². The summed E-state index contributed by atoms with van der Waals surface area (Å²) in [7, 11) is 0. The Bertz CT molecular complexity index is 506. The average Bonchev–Trinajstić information content (AvgIpc) is 2.39. The first-order valence-electron chi connectivity index (χ1n) is 6.07. The average molecular weight is 246 g/mol. The highest BCUT2D eigenvalue weighted by molar-refractivity contribution is 6.12. The summed E-state index contributed by atoms with van der Waals surface area (Å²) in [6, 6.07) is 7.27. The third-order valence-corrected chi connectivity index (χ3v) is 3.12. The fourth-order valence-electron chi connectivity index (χ4n) is 2.25. The van der Waals surface area contributed by atoms with Crippen LogP contribution in [0.4, 0.5) is 0 Å². The lowest BCUT2D eigenvalue weighted by atomic mass is 9.93. The molecule has 1 aromatic rings. The monoisotopic (exact) mass is 246 g/mol. The normalized spacial score (nSPS) is 25.4. The smallest absolute Gasteiger partial charge is 0.202 e. The van der Waals surface area contributed by atoms with Crippen molar-refractivity contribution in [3.8, 4) is 5.75 Å². The van der Waals surface area contributed by atoms with E-state index in [-0.39, 0.29) is 18.2 Å². The Hall–Kier alpha value is -1.81. The lowest BCUT2D eigenvalue weighted by Crippen LogP contribution is -2.38. The van der Waals surface area contributed by atoms with Crippen molar-refractivity contribution < 1.29 is 19.0 Å². The van der Waals surface area contributed by atoms with Gasteiger partial charge in [-0.15, -0.1) is 0 Å². The second-order valence-corrected chi connectivity index (χ2v) is 4.26. The molecule has 0 spiro atoms. The molecule has 0 unspecified atom stereocenters. The number of hydrogen-bond donors (Lipinski definition) is 0. The van der Waals surface area contributed by atoms with Gasteiger partial charge in [-0.05, 0) is 19.1 Å². The van der Waals surface area contributed by atoms with Gasteiger partial charge < -0.3 is 14.2 Å². The molecule has 0 saturated carbocycles. The molecule has 4 heteroatoms. The van der Waals surface area contributed by atoms with E-state index in [4.69, 9.17) is 14.2 Å².